The minimum Gasteiger partial charge on any atom is -0.319 e. The van der Waals surface area contributed by atoms with E-state index in [0.29, 0.717) is 17.5 Å². The minimum atomic E-state index is -0.0467. The molecule has 1 unspecified atom stereocenters. The summed E-state index contributed by atoms with van der Waals surface area (Å²) in [7, 11) is 2.11. The molecule has 1 aromatic rings. The third-order valence-electron chi connectivity index (χ3n) is 4.52. The van der Waals surface area contributed by atoms with E-state index >= 15 is 0 Å². The fraction of sp³-hybridized carbons (Fsp3) is 0.688. The Morgan fingerprint density at radius 1 is 1.27 bits per heavy atom. The number of carbonyl (C=O) groups is 1. The molecule has 0 radical (unpaired) electrons. The smallest absolute Gasteiger partial charge is 0.319 e. The van der Waals surface area contributed by atoms with Crippen molar-refractivity contribution in [3.63, 3.8) is 0 Å². The molecular formula is C16H25N5O. The molecule has 22 heavy (non-hydrogen) atoms. The lowest BCUT2D eigenvalue weighted by Gasteiger charge is -2.42. The van der Waals surface area contributed by atoms with Crippen LogP contribution in [-0.2, 0) is 0 Å². The Hall–Kier alpha value is -1.69. The van der Waals surface area contributed by atoms with Gasteiger partial charge in [0.15, 0.2) is 0 Å². The average Bonchev–Trinajstić information content (AvgIpc) is 3.32. The van der Waals surface area contributed by atoms with Gasteiger partial charge in [-0.05, 0) is 25.8 Å². The lowest BCUT2D eigenvalue weighted by molar-refractivity contribution is 0.0922. The summed E-state index contributed by atoms with van der Waals surface area (Å²) in [5.74, 6) is 1.87. The molecule has 0 spiro atoms. The van der Waals surface area contributed by atoms with E-state index in [4.69, 9.17) is 0 Å². The van der Waals surface area contributed by atoms with Gasteiger partial charge in [-0.15, -0.1) is 0 Å². The van der Waals surface area contributed by atoms with E-state index in [1.807, 2.05) is 4.90 Å². The molecule has 2 fully saturated rings. The quantitative estimate of drug-likeness (QED) is 0.929. The van der Waals surface area contributed by atoms with Crippen LogP contribution in [0.2, 0.25) is 0 Å². The van der Waals surface area contributed by atoms with Crippen molar-refractivity contribution in [1.82, 2.24) is 19.8 Å². The van der Waals surface area contributed by atoms with Gasteiger partial charge in [-0.3, -0.25) is 0 Å². The lowest BCUT2D eigenvalue weighted by Crippen LogP contribution is -2.57. The van der Waals surface area contributed by atoms with E-state index in [9.17, 15) is 4.79 Å². The SMILES string of the molecule is CC(C)C1CN(C)CCN1C(=O)Nc1cnc(C2CC2)nc1. The number of urea groups is 1. The van der Waals surface area contributed by atoms with Gasteiger partial charge in [0, 0.05) is 31.6 Å². The number of nitrogens with zero attached hydrogens (tertiary/aromatic N) is 4. The van der Waals surface area contributed by atoms with Crippen molar-refractivity contribution in [2.75, 3.05) is 32.0 Å². The molecule has 2 heterocycles. The first-order chi connectivity index (χ1) is 10.5. The first-order valence-corrected chi connectivity index (χ1v) is 8.12. The van der Waals surface area contributed by atoms with Gasteiger partial charge >= 0.3 is 6.03 Å². The molecule has 6 nitrogen and oxygen atoms in total. The molecule has 1 saturated heterocycles. The summed E-state index contributed by atoms with van der Waals surface area (Å²) < 4.78 is 0. The summed E-state index contributed by atoms with van der Waals surface area (Å²) in [6, 6.07) is 0.194. The predicted molar refractivity (Wildman–Crippen MR) is 85.9 cm³/mol. The van der Waals surface area contributed by atoms with Gasteiger partial charge in [0.2, 0.25) is 0 Å². The van der Waals surface area contributed by atoms with Crippen molar-refractivity contribution in [1.29, 1.82) is 0 Å². The summed E-state index contributed by atoms with van der Waals surface area (Å²) in [6.45, 7) is 6.91. The number of hydrogen-bond acceptors (Lipinski definition) is 4. The molecular weight excluding hydrogens is 278 g/mol. The summed E-state index contributed by atoms with van der Waals surface area (Å²) in [6.07, 6.45) is 5.81. The van der Waals surface area contributed by atoms with E-state index in [2.05, 4.69) is 41.1 Å². The zero-order valence-electron chi connectivity index (χ0n) is 13.6. The second-order valence-electron chi connectivity index (χ2n) is 6.80. The fourth-order valence-electron chi connectivity index (χ4n) is 2.93. The normalized spacial score (nSPS) is 22.9. The first-order valence-electron chi connectivity index (χ1n) is 8.12. The monoisotopic (exact) mass is 303 g/mol. The van der Waals surface area contributed by atoms with Gasteiger partial charge in [-0.2, -0.15) is 0 Å². The number of nitrogens with one attached hydrogen (secondary N) is 1. The first kappa shape index (κ1) is 15.2. The molecule has 120 valence electrons. The van der Waals surface area contributed by atoms with Crippen LogP contribution in [0, 0.1) is 5.92 Å². The third kappa shape index (κ3) is 3.38. The lowest BCUT2D eigenvalue weighted by atomic mass is 10.0. The topological polar surface area (TPSA) is 61.4 Å². The molecule has 2 amide bonds. The van der Waals surface area contributed by atoms with Crippen LogP contribution in [-0.4, -0.2) is 58.5 Å². The van der Waals surface area contributed by atoms with E-state index in [-0.39, 0.29) is 12.1 Å². The number of carbonyl (C=O) groups excluding carboxylic acids is 1. The Balaban J connectivity index is 1.64. The fourth-order valence-corrected chi connectivity index (χ4v) is 2.93. The highest BCUT2D eigenvalue weighted by Crippen LogP contribution is 2.37. The highest BCUT2D eigenvalue weighted by atomic mass is 16.2. The van der Waals surface area contributed by atoms with Gasteiger partial charge in [-0.1, -0.05) is 13.8 Å². The summed E-state index contributed by atoms with van der Waals surface area (Å²) in [5.41, 5.74) is 0.677. The number of aromatic nitrogens is 2. The summed E-state index contributed by atoms with van der Waals surface area (Å²) >= 11 is 0. The molecule has 3 rings (SSSR count). The molecule has 1 saturated carbocycles. The van der Waals surface area contributed by atoms with Crippen LogP contribution in [0.3, 0.4) is 0 Å². The van der Waals surface area contributed by atoms with Crippen molar-refractivity contribution in [2.45, 2.75) is 38.6 Å². The molecule has 1 atom stereocenters. The van der Waals surface area contributed by atoms with E-state index in [0.717, 1.165) is 25.5 Å². The van der Waals surface area contributed by atoms with Crippen LogP contribution in [0.15, 0.2) is 12.4 Å². The van der Waals surface area contributed by atoms with Crippen LogP contribution in [0.25, 0.3) is 0 Å². The van der Waals surface area contributed by atoms with Gasteiger partial charge in [0.05, 0.1) is 18.1 Å². The van der Waals surface area contributed by atoms with Crippen molar-refractivity contribution in [2.24, 2.45) is 5.92 Å². The van der Waals surface area contributed by atoms with Crippen molar-refractivity contribution in [3.8, 4) is 0 Å². The second-order valence-corrected chi connectivity index (χ2v) is 6.80. The van der Waals surface area contributed by atoms with E-state index in [1.165, 1.54) is 12.8 Å². The molecule has 1 N–H and O–H groups in total. The van der Waals surface area contributed by atoms with Crippen LogP contribution >= 0.6 is 0 Å². The minimum absolute atomic E-state index is 0.0467. The maximum absolute atomic E-state index is 12.6. The highest BCUT2D eigenvalue weighted by molar-refractivity contribution is 5.89. The molecule has 1 aromatic heterocycles. The van der Waals surface area contributed by atoms with Gasteiger partial charge in [0.1, 0.15) is 5.82 Å². The maximum atomic E-state index is 12.6. The van der Waals surface area contributed by atoms with Crippen LogP contribution < -0.4 is 5.32 Å². The Morgan fingerprint density at radius 2 is 1.95 bits per heavy atom. The Labute approximate surface area is 131 Å². The van der Waals surface area contributed by atoms with Gasteiger partial charge in [0.25, 0.3) is 0 Å². The largest absolute Gasteiger partial charge is 0.322 e. The van der Waals surface area contributed by atoms with Gasteiger partial charge in [-0.25, -0.2) is 14.8 Å². The van der Waals surface area contributed by atoms with Crippen molar-refractivity contribution < 1.29 is 4.79 Å². The Morgan fingerprint density at radius 3 is 2.55 bits per heavy atom. The Bertz CT molecular complexity index is 526. The van der Waals surface area contributed by atoms with Crippen LogP contribution in [0.1, 0.15) is 38.4 Å². The number of likely N-dealkylation sites (N-methyl/N-ethyl adjacent to an activating group) is 1. The number of amides is 2. The molecule has 1 aliphatic heterocycles. The standard InChI is InChI=1S/C16H25N5O/c1-11(2)14-10-20(3)6-7-21(14)16(22)19-13-8-17-15(18-9-13)12-4-5-12/h8-9,11-12,14H,4-7,10H2,1-3H3,(H,19,22). The number of hydrogen-bond donors (Lipinski definition) is 1. The van der Waals surface area contributed by atoms with Crippen molar-refractivity contribution in [3.05, 3.63) is 18.2 Å². The molecule has 6 heteroatoms. The number of anilines is 1. The average molecular weight is 303 g/mol. The summed E-state index contributed by atoms with van der Waals surface area (Å²) in [5, 5.41) is 2.94. The van der Waals surface area contributed by atoms with Gasteiger partial charge < -0.3 is 15.1 Å². The third-order valence-corrected chi connectivity index (χ3v) is 4.52. The van der Waals surface area contributed by atoms with Crippen LogP contribution in [0.4, 0.5) is 10.5 Å². The molecule has 1 aliphatic carbocycles. The predicted octanol–water partition coefficient (Wildman–Crippen LogP) is 2.16. The zero-order chi connectivity index (χ0) is 15.7. The van der Waals surface area contributed by atoms with Crippen molar-refractivity contribution >= 4 is 11.7 Å². The van der Waals surface area contributed by atoms with E-state index in [1.54, 1.807) is 12.4 Å². The maximum Gasteiger partial charge on any atom is 0.322 e. The molecule has 0 aromatic carbocycles. The molecule has 2 aliphatic rings. The van der Waals surface area contributed by atoms with Crippen LogP contribution in [0.5, 0.6) is 0 Å². The molecule has 0 bridgehead atoms. The number of rotatable bonds is 3. The van der Waals surface area contributed by atoms with E-state index < -0.39 is 0 Å². The highest BCUT2D eigenvalue weighted by Gasteiger charge is 2.31. The second kappa shape index (κ2) is 6.20. The zero-order valence-corrected chi connectivity index (χ0v) is 13.6. The Kier molecular flexibility index (Phi) is 4.29. The summed E-state index contributed by atoms with van der Waals surface area (Å²) in [4.78, 5) is 25.5. The number of piperazine rings is 1.